The summed E-state index contributed by atoms with van der Waals surface area (Å²) in [5.41, 5.74) is 3.13. The maximum atomic E-state index is 13.2. The molecule has 0 fully saturated rings. The largest absolute Gasteiger partial charge is 0.352 e. The molecular formula is C25H32Cl2N2O2. The normalized spacial score (nSPS) is 12.8. The Morgan fingerprint density at radius 2 is 1.65 bits per heavy atom. The first kappa shape index (κ1) is 25.2. The molecule has 0 aliphatic heterocycles. The molecule has 0 aliphatic rings. The van der Waals surface area contributed by atoms with E-state index >= 15 is 0 Å². The van der Waals surface area contributed by atoms with Gasteiger partial charge in [0.25, 0.3) is 0 Å². The predicted molar refractivity (Wildman–Crippen MR) is 129 cm³/mol. The van der Waals surface area contributed by atoms with Crippen LogP contribution in [0.5, 0.6) is 0 Å². The van der Waals surface area contributed by atoms with Crippen LogP contribution in [-0.4, -0.2) is 28.8 Å². The fourth-order valence-electron chi connectivity index (χ4n) is 3.22. The number of hydrogen-bond acceptors (Lipinski definition) is 2. The third-order valence-corrected chi connectivity index (χ3v) is 6.17. The summed E-state index contributed by atoms with van der Waals surface area (Å²) in [5.74, 6) is -0.252. The van der Waals surface area contributed by atoms with Gasteiger partial charge in [-0.3, -0.25) is 9.59 Å². The maximum absolute atomic E-state index is 13.2. The molecular weight excluding hydrogens is 431 g/mol. The molecule has 6 heteroatoms. The molecule has 4 nitrogen and oxygen atoms in total. The van der Waals surface area contributed by atoms with Crippen LogP contribution in [0.2, 0.25) is 10.0 Å². The van der Waals surface area contributed by atoms with Gasteiger partial charge in [0, 0.05) is 29.1 Å². The van der Waals surface area contributed by atoms with E-state index in [2.05, 4.69) is 36.5 Å². The highest BCUT2D eigenvalue weighted by atomic mass is 35.5. The smallest absolute Gasteiger partial charge is 0.242 e. The van der Waals surface area contributed by atoms with Gasteiger partial charge in [-0.1, -0.05) is 67.4 Å². The molecule has 0 heterocycles. The van der Waals surface area contributed by atoms with Gasteiger partial charge in [-0.2, -0.15) is 0 Å². The molecule has 2 rings (SSSR count). The summed E-state index contributed by atoms with van der Waals surface area (Å²) in [6, 6.07) is 12.9. The van der Waals surface area contributed by atoms with Gasteiger partial charge in [0.15, 0.2) is 0 Å². The summed E-state index contributed by atoms with van der Waals surface area (Å²) in [7, 11) is 0. The van der Waals surface area contributed by atoms with Crippen LogP contribution in [-0.2, 0) is 29.0 Å². The number of carbonyl (C=O) groups is 2. The van der Waals surface area contributed by atoms with E-state index in [0.717, 1.165) is 24.0 Å². The lowest BCUT2D eigenvalue weighted by Crippen LogP contribution is -2.49. The van der Waals surface area contributed by atoms with E-state index in [-0.39, 0.29) is 24.4 Å². The number of halogens is 2. The van der Waals surface area contributed by atoms with Crippen LogP contribution in [0, 0.1) is 0 Å². The zero-order chi connectivity index (χ0) is 23.0. The molecule has 0 radical (unpaired) electrons. The van der Waals surface area contributed by atoms with Crippen LogP contribution in [0.1, 0.15) is 57.2 Å². The summed E-state index contributed by atoms with van der Waals surface area (Å²) in [4.78, 5) is 27.6. The molecule has 1 N–H and O–H groups in total. The van der Waals surface area contributed by atoms with Gasteiger partial charge in [0.1, 0.15) is 6.04 Å². The molecule has 0 unspecified atom stereocenters. The van der Waals surface area contributed by atoms with Crippen molar-refractivity contribution in [2.45, 2.75) is 72.0 Å². The van der Waals surface area contributed by atoms with Crippen molar-refractivity contribution in [1.82, 2.24) is 10.2 Å². The second-order valence-electron chi connectivity index (χ2n) is 7.92. The molecule has 0 saturated carbocycles. The molecule has 0 aromatic heterocycles. The van der Waals surface area contributed by atoms with Crippen LogP contribution in [0.25, 0.3) is 0 Å². The second kappa shape index (κ2) is 12.1. The van der Waals surface area contributed by atoms with Crippen LogP contribution in [0.15, 0.2) is 42.5 Å². The van der Waals surface area contributed by atoms with Crippen molar-refractivity contribution in [2.24, 2.45) is 0 Å². The van der Waals surface area contributed by atoms with Gasteiger partial charge < -0.3 is 10.2 Å². The summed E-state index contributed by atoms with van der Waals surface area (Å²) >= 11 is 12.4. The van der Waals surface area contributed by atoms with E-state index in [4.69, 9.17) is 23.2 Å². The van der Waals surface area contributed by atoms with Crippen molar-refractivity contribution in [3.8, 4) is 0 Å². The Balaban J connectivity index is 2.17. The van der Waals surface area contributed by atoms with E-state index in [1.165, 1.54) is 5.56 Å². The molecule has 31 heavy (non-hydrogen) atoms. The third kappa shape index (κ3) is 7.55. The Kier molecular flexibility index (Phi) is 9.86. The lowest BCUT2D eigenvalue weighted by atomic mass is 10.0. The first-order chi connectivity index (χ1) is 14.7. The predicted octanol–water partition coefficient (Wildman–Crippen LogP) is 5.82. The first-order valence-electron chi connectivity index (χ1n) is 10.9. The molecule has 168 valence electrons. The number of nitrogens with one attached hydrogen (secondary N) is 1. The topological polar surface area (TPSA) is 49.4 Å². The monoisotopic (exact) mass is 462 g/mol. The number of nitrogens with zero attached hydrogens (tertiary/aromatic N) is 1. The van der Waals surface area contributed by atoms with Crippen molar-refractivity contribution < 1.29 is 9.59 Å². The molecule has 0 spiro atoms. The zero-order valence-corrected chi connectivity index (χ0v) is 20.3. The Morgan fingerprint density at radius 3 is 2.23 bits per heavy atom. The van der Waals surface area contributed by atoms with Crippen molar-refractivity contribution in [3.05, 3.63) is 69.2 Å². The number of aryl methyl sites for hydroxylation is 2. The lowest BCUT2D eigenvalue weighted by Gasteiger charge is -2.30. The van der Waals surface area contributed by atoms with E-state index < -0.39 is 6.04 Å². The first-order valence-corrected chi connectivity index (χ1v) is 11.6. The van der Waals surface area contributed by atoms with E-state index in [1.807, 2.05) is 13.8 Å². The zero-order valence-electron chi connectivity index (χ0n) is 18.8. The summed E-state index contributed by atoms with van der Waals surface area (Å²) in [6.07, 6.45) is 2.74. The Morgan fingerprint density at radius 1 is 1.00 bits per heavy atom. The van der Waals surface area contributed by atoms with E-state index in [1.54, 1.807) is 30.0 Å². The minimum atomic E-state index is -0.615. The number of hydrogen-bond donors (Lipinski definition) is 1. The highest BCUT2D eigenvalue weighted by Crippen LogP contribution is 2.24. The van der Waals surface area contributed by atoms with E-state index in [0.29, 0.717) is 22.9 Å². The van der Waals surface area contributed by atoms with Gasteiger partial charge in [0.2, 0.25) is 11.8 Å². The Hall–Kier alpha value is -2.04. The van der Waals surface area contributed by atoms with Crippen LogP contribution in [0.3, 0.4) is 0 Å². The summed E-state index contributed by atoms with van der Waals surface area (Å²) < 4.78 is 0. The molecule has 2 amide bonds. The summed E-state index contributed by atoms with van der Waals surface area (Å²) in [5, 5.41) is 3.99. The third-order valence-electron chi connectivity index (χ3n) is 5.58. The highest BCUT2D eigenvalue weighted by Gasteiger charge is 2.27. The van der Waals surface area contributed by atoms with Gasteiger partial charge in [-0.05, 0) is 61.9 Å². The molecule has 0 saturated heterocycles. The average Bonchev–Trinajstić information content (AvgIpc) is 2.76. The minimum Gasteiger partial charge on any atom is -0.352 e. The van der Waals surface area contributed by atoms with Gasteiger partial charge >= 0.3 is 0 Å². The maximum Gasteiger partial charge on any atom is 0.242 e. The lowest BCUT2D eigenvalue weighted by molar-refractivity contribution is -0.140. The number of benzene rings is 2. The average molecular weight is 463 g/mol. The fourth-order valence-corrected chi connectivity index (χ4v) is 3.69. The molecule has 0 bridgehead atoms. The van der Waals surface area contributed by atoms with E-state index in [9.17, 15) is 9.59 Å². The molecule has 2 aromatic rings. The Labute approximate surface area is 195 Å². The van der Waals surface area contributed by atoms with Gasteiger partial charge in [-0.15, -0.1) is 0 Å². The van der Waals surface area contributed by atoms with Gasteiger partial charge in [0.05, 0.1) is 0 Å². The van der Waals surface area contributed by atoms with Crippen LogP contribution >= 0.6 is 23.2 Å². The molecule has 2 aromatic carbocycles. The van der Waals surface area contributed by atoms with Crippen LogP contribution in [0.4, 0.5) is 0 Å². The quantitative estimate of drug-likeness (QED) is 0.483. The van der Waals surface area contributed by atoms with Crippen LogP contribution < -0.4 is 5.32 Å². The fraction of sp³-hybridized carbons (Fsp3) is 0.440. The van der Waals surface area contributed by atoms with Gasteiger partial charge in [-0.25, -0.2) is 0 Å². The number of amides is 2. The Bertz CT molecular complexity index is 884. The molecule has 0 aliphatic carbocycles. The standard InChI is InChI=1S/C25H32Cl2N2O2/c1-5-17(3)28-25(31)18(4)29(16-21-12-13-22(26)15-23(21)27)24(30)14-11-20-9-7-19(6-2)8-10-20/h7-10,12-13,15,17-18H,5-6,11,14,16H2,1-4H3,(H,28,31)/t17-,18+/m1/s1. The van der Waals surface area contributed by atoms with Crippen molar-refractivity contribution in [2.75, 3.05) is 0 Å². The van der Waals surface area contributed by atoms with Crippen molar-refractivity contribution in [1.29, 1.82) is 0 Å². The van der Waals surface area contributed by atoms with Crippen molar-refractivity contribution >= 4 is 35.0 Å². The summed E-state index contributed by atoms with van der Waals surface area (Å²) in [6.45, 7) is 8.08. The second-order valence-corrected chi connectivity index (χ2v) is 8.76. The minimum absolute atomic E-state index is 0.0445. The number of rotatable bonds is 10. The molecule has 2 atom stereocenters. The SMILES string of the molecule is CCc1ccc(CCC(=O)N(Cc2ccc(Cl)cc2Cl)[C@@H](C)C(=O)N[C@H](C)CC)cc1. The van der Waals surface area contributed by atoms with Crippen molar-refractivity contribution in [3.63, 3.8) is 0 Å². The highest BCUT2D eigenvalue weighted by molar-refractivity contribution is 6.35. The number of carbonyl (C=O) groups excluding carboxylic acids is 2.